The van der Waals surface area contributed by atoms with Crippen molar-refractivity contribution in [3.8, 4) is 0 Å². The average Bonchev–Trinajstić information content (AvgIpc) is 2.42. The third kappa shape index (κ3) is 5.91. The van der Waals surface area contributed by atoms with E-state index in [4.69, 9.17) is 9.26 Å². The van der Waals surface area contributed by atoms with Crippen LogP contribution in [0.3, 0.4) is 0 Å². The van der Waals surface area contributed by atoms with Crippen molar-refractivity contribution < 1.29 is 14.1 Å². The van der Waals surface area contributed by atoms with E-state index in [0.717, 1.165) is 5.69 Å². The molecule has 0 aliphatic carbocycles. The summed E-state index contributed by atoms with van der Waals surface area (Å²) >= 11 is 0. The molecule has 1 atom stereocenters. The van der Waals surface area contributed by atoms with Crippen molar-refractivity contribution >= 4 is 19.8 Å². The number of Topliss-reactive ketones (excluding diaryl/α,β-unsaturated/α-hetero) is 1. The minimum Gasteiger partial charge on any atom is -0.417 e. The molecule has 0 saturated carbocycles. The zero-order valence-corrected chi connectivity index (χ0v) is 15.6. The van der Waals surface area contributed by atoms with Crippen LogP contribution in [0.4, 0.5) is 5.69 Å². The maximum Gasteiger partial charge on any atom is 0.191 e. The molecule has 124 valence electrons. The van der Waals surface area contributed by atoms with Gasteiger partial charge < -0.3 is 4.43 Å². The van der Waals surface area contributed by atoms with Crippen molar-refractivity contribution in [2.24, 2.45) is 0 Å². The maximum absolute atomic E-state index is 11.7. The maximum atomic E-state index is 11.7. The van der Waals surface area contributed by atoms with E-state index in [9.17, 15) is 4.79 Å². The number of carbonyl (C=O) groups is 1. The molecule has 5 heteroatoms. The van der Waals surface area contributed by atoms with Crippen molar-refractivity contribution in [2.45, 2.75) is 58.4 Å². The number of anilines is 1. The Labute approximate surface area is 135 Å². The van der Waals surface area contributed by atoms with Gasteiger partial charge in [0.15, 0.2) is 14.1 Å². The van der Waals surface area contributed by atoms with Crippen LogP contribution in [0.15, 0.2) is 30.3 Å². The van der Waals surface area contributed by atoms with Gasteiger partial charge in [-0.15, -0.1) is 0 Å². The molecular formula is C17H29NO3Si. The number of nitrogens with one attached hydrogen (secondary N) is 1. The van der Waals surface area contributed by atoms with Crippen molar-refractivity contribution in [1.82, 2.24) is 0 Å². The molecular weight excluding hydrogens is 294 g/mol. The van der Waals surface area contributed by atoms with E-state index < -0.39 is 14.4 Å². The van der Waals surface area contributed by atoms with Crippen LogP contribution in [-0.2, 0) is 14.1 Å². The van der Waals surface area contributed by atoms with Crippen LogP contribution in [0.5, 0.6) is 0 Å². The number of para-hydroxylation sites is 1. The average molecular weight is 324 g/mol. The minimum atomic E-state index is -1.78. The number of benzene rings is 1. The van der Waals surface area contributed by atoms with E-state index in [1.165, 1.54) is 0 Å². The molecule has 0 heterocycles. The molecule has 0 aliphatic rings. The minimum absolute atomic E-state index is 0.00209. The highest BCUT2D eigenvalue weighted by atomic mass is 28.4. The first-order valence-electron chi connectivity index (χ1n) is 7.74. The molecule has 0 fully saturated rings. The fourth-order valence-electron chi connectivity index (χ4n) is 1.63. The molecule has 0 aliphatic heterocycles. The Bertz CT molecular complexity index is 469. The standard InChI is InChI=1S/C17H29NO3Si/c1-14(19)16(21-18-15-10-8-7-9-11-15)12-13-20-22(5,6)17(2,3)4/h7-11,16,18H,12-13H2,1-6H3/t16-/m0/s1. The zero-order chi connectivity index (χ0) is 16.8. The summed E-state index contributed by atoms with van der Waals surface area (Å²) in [6.07, 6.45) is 0.0618. The van der Waals surface area contributed by atoms with E-state index in [1.54, 1.807) is 6.92 Å². The fourth-order valence-corrected chi connectivity index (χ4v) is 2.69. The molecule has 0 radical (unpaired) electrons. The lowest BCUT2D eigenvalue weighted by molar-refractivity contribution is -0.127. The summed E-state index contributed by atoms with van der Waals surface area (Å²) in [5.74, 6) is 0.00209. The quantitative estimate of drug-likeness (QED) is 0.569. The molecule has 0 bridgehead atoms. The van der Waals surface area contributed by atoms with Gasteiger partial charge in [-0.1, -0.05) is 39.0 Å². The first-order chi connectivity index (χ1) is 10.1. The van der Waals surface area contributed by atoms with Gasteiger partial charge in [-0.2, -0.15) is 0 Å². The van der Waals surface area contributed by atoms with E-state index in [1.807, 2.05) is 30.3 Å². The Morgan fingerprint density at radius 1 is 1.23 bits per heavy atom. The molecule has 1 aromatic rings. The Kier molecular flexibility index (Phi) is 6.78. The first kappa shape index (κ1) is 18.9. The van der Waals surface area contributed by atoms with E-state index >= 15 is 0 Å². The topological polar surface area (TPSA) is 47.6 Å². The highest BCUT2D eigenvalue weighted by molar-refractivity contribution is 6.74. The van der Waals surface area contributed by atoms with E-state index in [2.05, 4.69) is 39.3 Å². The van der Waals surface area contributed by atoms with Gasteiger partial charge in [0.05, 0.1) is 5.69 Å². The molecule has 0 spiro atoms. The van der Waals surface area contributed by atoms with Crippen LogP contribution in [-0.4, -0.2) is 26.8 Å². The molecule has 0 aromatic heterocycles. The Hall–Kier alpha value is -1.17. The summed E-state index contributed by atoms with van der Waals surface area (Å²) in [7, 11) is -1.78. The Morgan fingerprint density at radius 2 is 1.82 bits per heavy atom. The van der Waals surface area contributed by atoms with Crippen molar-refractivity contribution in [1.29, 1.82) is 0 Å². The summed E-state index contributed by atoms with van der Waals surface area (Å²) in [6, 6.07) is 9.54. The number of carbonyl (C=O) groups excluding carboxylic acids is 1. The van der Waals surface area contributed by atoms with Gasteiger partial charge in [0.1, 0.15) is 6.10 Å². The predicted octanol–water partition coefficient (Wildman–Crippen LogP) is 4.40. The van der Waals surface area contributed by atoms with Gasteiger partial charge in [0, 0.05) is 13.0 Å². The summed E-state index contributed by atoms with van der Waals surface area (Å²) in [4.78, 5) is 17.2. The van der Waals surface area contributed by atoms with Gasteiger partial charge in [-0.05, 0) is 37.2 Å². The van der Waals surface area contributed by atoms with Gasteiger partial charge >= 0.3 is 0 Å². The van der Waals surface area contributed by atoms with Crippen molar-refractivity contribution in [2.75, 3.05) is 12.1 Å². The smallest absolute Gasteiger partial charge is 0.191 e. The number of ketones is 1. The Balaban J connectivity index is 2.47. The number of hydrogen-bond acceptors (Lipinski definition) is 4. The molecule has 1 aromatic carbocycles. The molecule has 22 heavy (non-hydrogen) atoms. The second-order valence-electron chi connectivity index (χ2n) is 7.08. The third-order valence-corrected chi connectivity index (χ3v) is 8.73. The van der Waals surface area contributed by atoms with Crippen LogP contribution >= 0.6 is 0 Å². The Morgan fingerprint density at radius 3 is 2.32 bits per heavy atom. The summed E-state index contributed by atoms with van der Waals surface area (Å²) < 4.78 is 6.11. The van der Waals surface area contributed by atoms with E-state index in [0.29, 0.717) is 13.0 Å². The largest absolute Gasteiger partial charge is 0.417 e. The second-order valence-corrected chi connectivity index (χ2v) is 11.9. The lowest BCUT2D eigenvalue weighted by atomic mass is 10.2. The van der Waals surface area contributed by atoms with Crippen LogP contribution in [0.25, 0.3) is 0 Å². The summed E-state index contributed by atoms with van der Waals surface area (Å²) in [5, 5.41) is 0.169. The van der Waals surface area contributed by atoms with Crippen LogP contribution in [0, 0.1) is 0 Å². The SMILES string of the molecule is CC(=O)[C@H](CCO[Si](C)(C)C(C)(C)C)ONc1ccccc1. The lowest BCUT2D eigenvalue weighted by Gasteiger charge is -2.36. The van der Waals surface area contributed by atoms with Gasteiger partial charge in [0.2, 0.25) is 0 Å². The molecule has 1 rings (SSSR count). The summed E-state index contributed by atoms with van der Waals surface area (Å²) in [5.41, 5.74) is 3.67. The van der Waals surface area contributed by atoms with Gasteiger partial charge in [0.25, 0.3) is 0 Å². The molecule has 0 saturated heterocycles. The number of rotatable bonds is 8. The summed E-state index contributed by atoms with van der Waals surface area (Å²) in [6.45, 7) is 13.1. The molecule has 1 N–H and O–H groups in total. The van der Waals surface area contributed by atoms with Crippen LogP contribution in [0.2, 0.25) is 18.1 Å². The zero-order valence-electron chi connectivity index (χ0n) is 14.6. The first-order valence-corrected chi connectivity index (χ1v) is 10.7. The van der Waals surface area contributed by atoms with Gasteiger partial charge in [-0.25, -0.2) is 0 Å². The van der Waals surface area contributed by atoms with Crippen molar-refractivity contribution in [3.05, 3.63) is 30.3 Å². The van der Waals surface area contributed by atoms with Crippen LogP contribution < -0.4 is 5.48 Å². The van der Waals surface area contributed by atoms with Crippen molar-refractivity contribution in [3.63, 3.8) is 0 Å². The normalized spacial score (nSPS) is 13.7. The molecule has 4 nitrogen and oxygen atoms in total. The fraction of sp³-hybridized carbons (Fsp3) is 0.588. The second kappa shape index (κ2) is 7.90. The molecule has 0 amide bonds. The highest BCUT2D eigenvalue weighted by Gasteiger charge is 2.37. The van der Waals surface area contributed by atoms with Crippen LogP contribution in [0.1, 0.15) is 34.1 Å². The van der Waals surface area contributed by atoms with Gasteiger partial charge in [-0.3, -0.25) is 15.1 Å². The number of hydrogen-bond donors (Lipinski definition) is 1. The molecule has 0 unspecified atom stereocenters. The lowest BCUT2D eigenvalue weighted by Crippen LogP contribution is -2.41. The monoisotopic (exact) mass is 323 g/mol. The highest BCUT2D eigenvalue weighted by Crippen LogP contribution is 2.36. The third-order valence-electron chi connectivity index (χ3n) is 4.20. The van der Waals surface area contributed by atoms with E-state index in [-0.39, 0.29) is 10.8 Å². The predicted molar refractivity (Wildman–Crippen MR) is 93.4 cm³/mol.